The summed E-state index contributed by atoms with van der Waals surface area (Å²) in [6.07, 6.45) is 15.3. The molecular formula is C40H64N4O3. The smallest absolute Gasteiger partial charge is 0.123 e. The first-order valence-corrected chi connectivity index (χ1v) is 18.7. The average molecular weight is 649 g/mol. The van der Waals surface area contributed by atoms with Crippen LogP contribution in [0.5, 0.6) is 11.5 Å². The number of nitrogens with zero attached hydrogens (tertiary/aromatic N) is 3. The zero-order chi connectivity index (χ0) is 33.6. The number of phenolic OH excluding ortho intramolecular Hbond substituents is 2. The van der Waals surface area contributed by atoms with E-state index in [0.717, 1.165) is 70.4 Å². The number of likely N-dealkylation sites (tertiary alicyclic amines) is 2. The van der Waals surface area contributed by atoms with Crippen LogP contribution in [0.4, 0.5) is 0 Å². The van der Waals surface area contributed by atoms with E-state index < -0.39 is 0 Å². The Bertz CT molecular complexity index is 1210. The number of phenols is 2. The molecule has 0 aromatic heterocycles. The number of benzene rings is 2. The number of hydrogen-bond donors (Lipinski definition) is 3. The minimum Gasteiger partial charge on any atom is -0.508 e. The van der Waals surface area contributed by atoms with Gasteiger partial charge in [-0.2, -0.15) is 0 Å². The second-order valence-electron chi connectivity index (χ2n) is 14.7. The molecule has 0 radical (unpaired) electrons. The molecule has 3 N–H and O–H groups in total. The monoisotopic (exact) mass is 648 g/mol. The van der Waals surface area contributed by atoms with Gasteiger partial charge in [0.25, 0.3) is 0 Å². The molecule has 2 aromatic rings. The molecule has 262 valence electrons. The minimum atomic E-state index is 0.348. The van der Waals surface area contributed by atoms with Gasteiger partial charge in [-0.25, -0.2) is 0 Å². The number of nitrogens with one attached hydrogen (secondary N) is 1. The summed E-state index contributed by atoms with van der Waals surface area (Å²) < 4.78 is 0. The van der Waals surface area contributed by atoms with Crippen LogP contribution >= 0.6 is 0 Å². The number of carbonyl (C=O) groups excluding carboxylic acids is 1. The number of aryl methyl sites for hydroxylation is 2. The van der Waals surface area contributed by atoms with Gasteiger partial charge in [-0.05, 0) is 183 Å². The van der Waals surface area contributed by atoms with Crippen LogP contribution in [0.15, 0.2) is 36.4 Å². The van der Waals surface area contributed by atoms with Gasteiger partial charge in [-0.1, -0.05) is 26.0 Å². The van der Waals surface area contributed by atoms with Crippen molar-refractivity contribution in [1.29, 1.82) is 0 Å². The fraction of sp³-hybridized carbons (Fsp3) is 0.675. The maximum Gasteiger partial charge on any atom is 0.123 e. The number of aldehydes is 1. The summed E-state index contributed by atoms with van der Waals surface area (Å²) >= 11 is 0. The Morgan fingerprint density at radius 1 is 0.766 bits per heavy atom. The summed E-state index contributed by atoms with van der Waals surface area (Å²) in [4.78, 5) is 17.7. The van der Waals surface area contributed by atoms with E-state index in [1.807, 2.05) is 18.2 Å². The first-order chi connectivity index (χ1) is 22.8. The van der Waals surface area contributed by atoms with Gasteiger partial charge < -0.3 is 30.1 Å². The summed E-state index contributed by atoms with van der Waals surface area (Å²) in [5.41, 5.74) is 5.53. The van der Waals surface area contributed by atoms with Crippen molar-refractivity contribution < 1.29 is 15.0 Å². The van der Waals surface area contributed by atoms with E-state index >= 15 is 0 Å². The molecule has 2 aliphatic carbocycles. The Morgan fingerprint density at radius 3 is 1.91 bits per heavy atom. The van der Waals surface area contributed by atoms with E-state index in [1.165, 1.54) is 87.0 Å². The predicted molar refractivity (Wildman–Crippen MR) is 195 cm³/mol. The van der Waals surface area contributed by atoms with Gasteiger partial charge in [-0.15, -0.1) is 0 Å². The van der Waals surface area contributed by atoms with E-state index in [0.29, 0.717) is 29.5 Å². The fourth-order valence-corrected chi connectivity index (χ4v) is 7.75. The number of piperidine rings is 2. The van der Waals surface area contributed by atoms with Gasteiger partial charge >= 0.3 is 0 Å². The molecule has 6 rings (SSSR count). The van der Waals surface area contributed by atoms with Crippen molar-refractivity contribution in [2.75, 3.05) is 59.9 Å². The van der Waals surface area contributed by atoms with Gasteiger partial charge in [0.1, 0.15) is 17.8 Å². The van der Waals surface area contributed by atoms with Gasteiger partial charge in [0, 0.05) is 24.5 Å². The maximum absolute atomic E-state index is 10.2. The second kappa shape index (κ2) is 19.5. The summed E-state index contributed by atoms with van der Waals surface area (Å²) in [6, 6.07) is 12.9. The molecule has 2 aliphatic heterocycles. The van der Waals surface area contributed by atoms with E-state index in [1.54, 1.807) is 6.07 Å². The first kappa shape index (κ1) is 37.4. The lowest BCUT2D eigenvalue weighted by atomic mass is 9.86. The normalized spacial score (nSPS) is 22.3. The van der Waals surface area contributed by atoms with Crippen molar-refractivity contribution in [3.8, 4) is 11.5 Å². The van der Waals surface area contributed by atoms with E-state index in [-0.39, 0.29) is 0 Å². The SMILES string of the molecule is CCCN(CC1CCN(C)CC1)C1CCc2ccc(O)cc2C1.CCCNC1CCc2ccc(O)cc2C1.CN1CCC(C=O)CC1. The highest BCUT2D eigenvalue weighted by Crippen LogP contribution is 2.29. The van der Waals surface area contributed by atoms with E-state index in [2.05, 4.69) is 60.1 Å². The van der Waals surface area contributed by atoms with Crippen LogP contribution in [-0.2, 0) is 30.5 Å². The molecule has 2 saturated heterocycles. The fourth-order valence-electron chi connectivity index (χ4n) is 7.75. The number of rotatable bonds is 9. The zero-order valence-electron chi connectivity index (χ0n) is 29.9. The Morgan fingerprint density at radius 2 is 1.34 bits per heavy atom. The Hall–Kier alpha value is -2.45. The molecule has 2 aromatic carbocycles. The van der Waals surface area contributed by atoms with Crippen molar-refractivity contribution in [2.45, 2.75) is 103 Å². The quantitative estimate of drug-likeness (QED) is 0.285. The first-order valence-electron chi connectivity index (χ1n) is 18.7. The number of fused-ring (bicyclic) bond motifs is 2. The summed E-state index contributed by atoms with van der Waals surface area (Å²) in [6.45, 7) is 12.7. The molecule has 47 heavy (non-hydrogen) atoms. The van der Waals surface area contributed by atoms with E-state index in [4.69, 9.17) is 0 Å². The van der Waals surface area contributed by atoms with Crippen LogP contribution < -0.4 is 5.32 Å². The summed E-state index contributed by atoms with van der Waals surface area (Å²) in [5, 5.41) is 22.8. The molecule has 7 heteroatoms. The lowest BCUT2D eigenvalue weighted by Crippen LogP contribution is -2.44. The predicted octanol–water partition coefficient (Wildman–Crippen LogP) is 6.08. The third-order valence-electron chi connectivity index (χ3n) is 10.8. The number of hydrogen-bond acceptors (Lipinski definition) is 7. The number of aromatic hydroxyl groups is 2. The van der Waals surface area contributed by atoms with Crippen molar-refractivity contribution in [3.05, 3.63) is 58.7 Å². The molecule has 4 aliphatic rings. The van der Waals surface area contributed by atoms with Crippen LogP contribution in [0.3, 0.4) is 0 Å². The summed E-state index contributed by atoms with van der Waals surface area (Å²) in [5.74, 6) is 2.02. The average Bonchev–Trinajstić information content (AvgIpc) is 3.08. The standard InChI is InChI=1S/C20H32N2O.C13H19NO.C7H13NO/c1-3-10-22(15-16-8-11-21(2)12-9-16)19-6-4-17-5-7-20(23)14-18(17)13-19;1-2-7-14-12-5-3-10-4-6-13(15)9-11(10)8-12;1-8-4-2-7(6-9)3-5-8/h5,7,14,16,19,23H,3-4,6,8-13,15H2,1-2H3;4,6,9,12,14-15H,2-3,5,7-8H2,1H3;6-7H,2-5H2,1H3. The maximum atomic E-state index is 10.2. The Labute approximate surface area is 285 Å². The van der Waals surface area contributed by atoms with E-state index in [9.17, 15) is 15.0 Å². The van der Waals surface area contributed by atoms with Crippen molar-refractivity contribution in [3.63, 3.8) is 0 Å². The lowest BCUT2D eigenvalue weighted by Gasteiger charge is -2.39. The third kappa shape index (κ3) is 12.2. The molecule has 0 bridgehead atoms. The Kier molecular flexibility index (Phi) is 15.5. The summed E-state index contributed by atoms with van der Waals surface area (Å²) in [7, 11) is 4.34. The van der Waals surface area contributed by atoms with Crippen LogP contribution in [0.2, 0.25) is 0 Å². The van der Waals surface area contributed by atoms with Crippen molar-refractivity contribution >= 4 is 6.29 Å². The molecule has 2 heterocycles. The zero-order valence-corrected chi connectivity index (χ0v) is 29.9. The third-order valence-corrected chi connectivity index (χ3v) is 10.8. The van der Waals surface area contributed by atoms with Crippen LogP contribution in [-0.4, -0.2) is 103 Å². The van der Waals surface area contributed by atoms with Crippen molar-refractivity contribution in [1.82, 2.24) is 20.0 Å². The van der Waals surface area contributed by atoms with Crippen molar-refractivity contribution in [2.24, 2.45) is 11.8 Å². The topological polar surface area (TPSA) is 79.3 Å². The molecule has 2 fully saturated rings. The molecule has 0 saturated carbocycles. The molecule has 0 amide bonds. The molecular weight excluding hydrogens is 584 g/mol. The molecule has 7 nitrogen and oxygen atoms in total. The highest BCUT2D eigenvalue weighted by atomic mass is 16.3. The van der Waals surface area contributed by atoms with Gasteiger partial charge in [0.05, 0.1) is 0 Å². The molecule has 2 unspecified atom stereocenters. The Balaban J connectivity index is 0.000000178. The van der Waals surface area contributed by atoms with Crippen LogP contribution in [0.25, 0.3) is 0 Å². The molecule has 0 spiro atoms. The lowest BCUT2D eigenvalue weighted by molar-refractivity contribution is -0.112. The number of carbonyl (C=O) groups is 1. The van der Waals surface area contributed by atoms with Gasteiger partial charge in [-0.3, -0.25) is 4.90 Å². The largest absolute Gasteiger partial charge is 0.508 e. The highest BCUT2D eigenvalue weighted by molar-refractivity contribution is 5.53. The minimum absolute atomic E-state index is 0.348. The highest BCUT2D eigenvalue weighted by Gasteiger charge is 2.27. The van der Waals surface area contributed by atoms with Gasteiger partial charge in [0.2, 0.25) is 0 Å². The van der Waals surface area contributed by atoms with Crippen LogP contribution in [0, 0.1) is 11.8 Å². The van der Waals surface area contributed by atoms with Crippen LogP contribution in [0.1, 0.15) is 87.5 Å². The van der Waals surface area contributed by atoms with Gasteiger partial charge in [0.15, 0.2) is 0 Å². The molecule has 2 atom stereocenters. The second-order valence-corrected chi connectivity index (χ2v) is 14.7.